The number of aromatic nitrogens is 1. The van der Waals surface area contributed by atoms with Crippen molar-refractivity contribution in [2.45, 2.75) is 13.0 Å². The summed E-state index contributed by atoms with van der Waals surface area (Å²) in [6.07, 6.45) is 0. The zero-order chi connectivity index (χ0) is 19.1. The van der Waals surface area contributed by atoms with E-state index in [-0.39, 0.29) is 30.4 Å². The molecule has 1 aromatic heterocycles. The molecule has 0 aliphatic carbocycles. The standard InChI is InChI=1S/C21H25N3O3.2ClH/c1-13-4-9-17(21(25)26)20(22-13)24-11-15-10-23(2)19(18(15)12-24)14-5-7-16(27-3)8-6-14;;/h4-9,15,18-19H,10-12H2,1-3H3,(H,25,26);2*1H/t15-,18+,19-;;/m0../s1. The summed E-state index contributed by atoms with van der Waals surface area (Å²) in [5.74, 6) is 1.50. The quantitative estimate of drug-likeness (QED) is 0.783. The maximum Gasteiger partial charge on any atom is 0.339 e. The number of aryl methyl sites for hydroxylation is 1. The molecule has 0 amide bonds. The third-order valence-corrected chi connectivity index (χ3v) is 5.90. The molecule has 0 unspecified atom stereocenters. The summed E-state index contributed by atoms with van der Waals surface area (Å²) < 4.78 is 5.28. The maximum absolute atomic E-state index is 11.6. The van der Waals surface area contributed by atoms with Crippen LogP contribution in [0.25, 0.3) is 0 Å². The van der Waals surface area contributed by atoms with Crippen molar-refractivity contribution in [3.8, 4) is 5.75 Å². The minimum atomic E-state index is -0.918. The summed E-state index contributed by atoms with van der Waals surface area (Å²) in [5, 5.41) is 9.55. The first kappa shape index (κ1) is 23.3. The lowest BCUT2D eigenvalue weighted by molar-refractivity contribution is 0.0697. The van der Waals surface area contributed by atoms with Crippen molar-refractivity contribution >= 4 is 36.6 Å². The van der Waals surface area contributed by atoms with Gasteiger partial charge < -0.3 is 14.7 Å². The van der Waals surface area contributed by atoms with Gasteiger partial charge in [0.15, 0.2) is 0 Å². The highest BCUT2D eigenvalue weighted by Crippen LogP contribution is 2.45. The van der Waals surface area contributed by atoms with Crippen LogP contribution in [-0.2, 0) is 0 Å². The number of methoxy groups -OCH3 is 1. The highest BCUT2D eigenvalue weighted by atomic mass is 35.5. The molecule has 6 nitrogen and oxygen atoms in total. The lowest BCUT2D eigenvalue weighted by Gasteiger charge is -2.28. The van der Waals surface area contributed by atoms with Crippen LogP contribution in [0.5, 0.6) is 5.75 Å². The van der Waals surface area contributed by atoms with Gasteiger partial charge in [-0.05, 0) is 49.7 Å². The molecule has 3 heterocycles. The fourth-order valence-corrected chi connectivity index (χ4v) is 4.68. The number of fused-ring (bicyclic) bond motifs is 1. The Morgan fingerprint density at radius 3 is 2.41 bits per heavy atom. The van der Waals surface area contributed by atoms with Crippen molar-refractivity contribution in [3.05, 3.63) is 53.2 Å². The van der Waals surface area contributed by atoms with Crippen LogP contribution in [0.15, 0.2) is 36.4 Å². The van der Waals surface area contributed by atoms with Crippen molar-refractivity contribution in [1.29, 1.82) is 0 Å². The Morgan fingerprint density at radius 2 is 1.79 bits per heavy atom. The largest absolute Gasteiger partial charge is 0.497 e. The van der Waals surface area contributed by atoms with E-state index in [9.17, 15) is 9.90 Å². The van der Waals surface area contributed by atoms with Crippen LogP contribution in [0.2, 0.25) is 0 Å². The SMILES string of the molecule is COc1ccc([C@H]2[C@@H]3CN(c4nc(C)ccc4C(=O)O)C[C@@H]3CN2C)cc1.Cl.Cl. The number of hydrogen-bond acceptors (Lipinski definition) is 5. The Kier molecular flexibility index (Phi) is 7.38. The van der Waals surface area contributed by atoms with Gasteiger partial charge in [-0.2, -0.15) is 0 Å². The first-order chi connectivity index (χ1) is 13.0. The molecule has 2 aromatic rings. The molecule has 1 aromatic carbocycles. The van der Waals surface area contributed by atoms with Gasteiger partial charge in [-0.25, -0.2) is 9.78 Å². The Morgan fingerprint density at radius 1 is 1.10 bits per heavy atom. The van der Waals surface area contributed by atoms with E-state index in [2.05, 4.69) is 34.0 Å². The van der Waals surface area contributed by atoms with Crippen molar-refractivity contribution in [1.82, 2.24) is 9.88 Å². The van der Waals surface area contributed by atoms with Crippen molar-refractivity contribution in [2.24, 2.45) is 11.8 Å². The first-order valence-corrected chi connectivity index (χ1v) is 9.28. The molecule has 4 rings (SSSR count). The number of anilines is 1. The van der Waals surface area contributed by atoms with Crippen LogP contribution in [0.3, 0.4) is 0 Å². The lowest BCUT2D eigenvalue weighted by Crippen LogP contribution is -2.30. The van der Waals surface area contributed by atoms with E-state index in [0.717, 1.165) is 31.1 Å². The van der Waals surface area contributed by atoms with E-state index in [1.807, 2.05) is 19.1 Å². The monoisotopic (exact) mass is 439 g/mol. The van der Waals surface area contributed by atoms with Crippen LogP contribution in [0.1, 0.15) is 27.7 Å². The molecule has 0 radical (unpaired) electrons. The van der Waals surface area contributed by atoms with Crippen LogP contribution >= 0.6 is 24.8 Å². The molecule has 0 saturated carbocycles. The number of carboxylic acid groups (broad SMARTS) is 1. The van der Waals surface area contributed by atoms with Crippen molar-refractivity contribution < 1.29 is 14.6 Å². The highest BCUT2D eigenvalue weighted by molar-refractivity contribution is 5.93. The van der Waals surface area contributed by atoms with Gasteiger partial charge in [0, 0.05) is 37.3 Å². The number of aromatic carboxylic acids is 1. The van der Waals surface area contributed by atoms with E-state index in [0.29, 0.717) is 23.7 Å². The summed E-state index contributed by atoms with van der Waals surface area (Å²) in [6.45, 7) is 4.58. The lowest BCUT2D eigenvalue weighted by atomic mass is 9.89. The number of ether oxygens (including phenoxy) is 1. The summed E-state index contributed by atoms with van der Waals surface area (Å²) in [7, 11) is 3.85. The summed E-state index contributed by atoms with van der Waals surface area (Å²) in [5.41, 5.74) is 2.41. The topological polar surface area (TPSA) is 65.9 Å². The highest BCUT2D eigenvalue weighted by Gasteiger charge is 2.46. The fraction of sp³-hybridized carbons (Fsp3) is 0.429. The maximum atomic E-state index is 11.6. The Labute approximate surface area is 183 Å². The molecule has 2 aliphatic rings. The van der Waals surface area contributed by atoms with Crippen LogP contribution in [-0.4, -0.2) is 54.8 Å². The number of rotatable bonds is 4. The predicted octanol–water partition coefficient (Wildman–Crippen LogP) is 3.68. The molecule has 0 spiro atoms. The van der Waals surface area contributed by atoms with Crippen LogP contribution in [0, 0.1) is 18.8 Å². The number of halogens is 2. The third kappa shape index (κ3) is 4.29. The Balaban J connectivity index is 0.00000150. The van der Waals surface area contributed by atoms with Gasteiger partial charge in [0.2, 0.25) is 0 Å². The van der Waals surface area contributed by atoms with Crippen molar-refractivity contribution in [2.75, 3.05) is 38.7 Å². The number of benzene rings is 1. The summed E-state index contributed by atoms with van der Waals surface area (Å²) in [4.78, 5) is 20.8. The van der Waals surface area contributed by atoms with Gasteiger partial charge >= 0.3 is 5.97 Å². The number of pyridine rings is 1. The average molecular weight is 440 g/mol. The molecular weight excluding hydrogens is 413 g/mol. The second kappa shape index (κ2) is 9.20. The number of nitrogens with zero attached hydrogens (tertiary/aromatic N) is 3. The molecule has 2 fully saturated rings. The second-order valence-electron chi connectivity index (χ2n) is 7.62. The van der Waals surface area contributed by atoms with Crippen molar-refractivity contribution in [3.63, 3.8) is 0 Å². The van der Waals surface area contributed by atoms with E-state index in [1.165, 1.54) is 5.56 Å². The third-order valence-electron chi connectivity index (χ3n) is 5.90. The number of carbonyl (C=O) groups is 1. The molecule has 1 N–H and O–H groups in total. The molecule has 8 heteroatoms. The molecular formula is C21H27Cl2N3O3. The molecule has 3 atom stereocenters. The molecule has 2 aliphatic heterocycles. The van der Waals surface area contributed by atoms with Gasteiger partial charge in [-0.1, -0.05) is 12.1 Å². The van der Waals surface area contributed by atoms with Gasteiger partial charge in [-0.3, -0.25) is 4.90 Å². The van der Waals surface area contributed by atoms with Gasteiger partial charge in [0.1, 0.15) is 17.1 Å². The molecule has 0 bridgehead atoms. The van der Waals surface area contributed by atoms with E-state index >= 15 is 0 Å². The fourth-order valence-electron chi connectivity index (χ4n) is 4.68. The van der Waals surface area contributed by atoms with Crippen LogP contribution < -0.4 is 9.64 Å². The minimum Gasteiger partial charge on any atom is -0.497 e. The molecule has 158 valence electrons. The zero-order valence-electron chi connectivity index (χ0n) is 16.7. The first-order valence-electron chi connectivity index (χ1n) is 9.28. The molecule has 29 heavy (non-hydrogen) atoms. The predicted molar refractivity (Wildman–Crippen MR) is 118 cm³/mol. The zero-order valence-corrected chi connectivity index (χ0v) is 18.4. The molecule has 2 saturated heterocycles. The van der Waals surface area contributed by atoms with Gasteiger partial charge in [-0.15, -0.1) is 24.8 Å². The van der Waals surface area contributed by atoms with Gasteiger partial charge in [0.25, 0.3) is 0 Å². The Hall–Kier alpha value is -2.02. The summed E-state index contributed by atoms with van der Waals surface area (Å²) >= 11 is 0. The normalized spacial score (nSPS) is 23.1. The minimum absolute atomic E-state index is 0. The second-order valence-corrected chi connectivity index (χ2v) is 7.62. The smallest absolute Gasteiger partial charge is 0.339 e. The average Bonchev–Trinajstić information content (AvgIpc) is 3.18. The van der Waals surface area contributed by atoms with E-state index in [4.69, 9.17) is 4.74 Å². The number of likely N-dealkylation sites (tertiary alicyclic amines) is 1. The summed E-state index contributed by atoms with van der Waals surface area (Å²) in [6, 6.07) is 12.0. The van der Waals surface area contributed by atoms with Crippen LogP contribution in [0.4, 0.5) is 5.82 Å². The Bertz CT molecular complexity index is 863. The van der Waals surface area contributed by atoms with E-state index < -0.39 is 5.97 Å². The van der Waals surface area contributed by atoms with Gasteiger partial charge in [0.05, 0.1) is 7.11 Å². The number of carboxylic acids is 1. The van der Waals surface area contributed by atoms with E-state index in [1.54, 1.807) is 19.2 Å². The number of hydrogen-bond donors (Lipinski definition) is 1.